The Balaban J connectivity index is 1.50. The van der Waals surface area contributed by atoms with Crippen molar-refractivity contribution < 1.29 is 4.79 Å². The second-order valence-electron chi connectivity index (χ2n) is 4.69. The smallest absolute Gasteiger partial charge is 0.251 e. The zero-order chi connectivity index (χ0) is 15.4. The zero-order valence-corrected chi connectivity index (χ0v) is 14.1. The van der Waals surface area contributed by atoms with Crippen LogP contribution in [0.15, 0.2) is 58.2 Å². The maximum Gasteiger partial charge on any atom is 0.251 e. The van der Waals surface area contributed by atoms with Gasteiger partial charge in [-0.3, -0.25) is 4.79 Å². The maximum absolute atomic E-state index is 12.1. The standard InChI is InChI=1S/C16H14BrN3OS/c17-12-2-4-13(5-3-12)22-8-7-18-16(21)11-1-6-14-15(9-11)20-10-19-14/h1-6,9-10H,7-8H2,(H,18,21)(H,19,20). The van der Waals surface area contributed by atoms with Gasteiger partial charge in [-0.05, 0) is 42.5 Å². The molecule has 2 N–H and O–H groups in total. The van der Waals surface area contributed by atoms with Crippen molar-refractivity contribution >= 4 is 44.6 Å². The normalized spacial score (nSPS) is 10.8. The molecule has 0 aliphatic carbocycles. The number of hydrogen-bond donors (Lipinski definition) is 2. The van der Waals surface area contributed by atoms with Crippen LogP contribution in [0.2, 0.25) is 0 Å². The molecule has 0 saturated carbocycles. The topological polar surface area (TPSA) is 57.8 Å². The number of aromatic amines is 1. The predicted molar refractivity (Wildman–Crippen MR) is 93.3 cm³/mol. The largest absolute Gasteiger partial charge is 0.351 e. The molecule has 0 spiro atoms. The molecular weight excluding hydrogens is 362 g/mol. The van der Waals surface area contributed by atoms with Crippen molar-refractivity contribution in [3.63, 3.8) is 0 Å². The van der Waals surface area contributed by atoms with Gasteiger partial charge in [0.1, 0.15) is 0 Å². The van der Waals surface area contributed by atoms with Crippen molar-refractivity contribution in [3.05, 3.63) is 58.8 Å². The zero-order valence-electron chi connectivity index (χ0n) is 11.7. The minimum atomic E-state index is -0.0621. The fraction of sp³-hybridized carbons (Fsp3) is 0.125. The van der Waals surface area contributed by atoms with Gasteiger partial charge in [-0.15, -0.1) is 11.8 Å². The summed E-state index contributed by atoms with van der Waals surface area (Å²) in [4.78, 5) is 20.4. The molecule has 22 heavy (non-hydrogen) atoms. The average molecular weight is 376 g/mol. The summed E-state index contributed by atoms with van der Waals surface area (Å²) < 4.78 is 1.07. The van der Waals surface area contributed by atoms with Crippen LogP contribution in [0.1, 0.15) is 10.4 Å². The Bertz CT molecular complexity index is 785. The van der Waals surface area contributed by atoms with Crippen molar-refractivity contribution in [2.75, 3.05) is 12.3 Å². The third kappa shape index (κ3) is 3.69. The number of H-pyrrole nitrogens is 1. The SMILES string of the molecule is O=C(NCCSc1ccc(Br)cc1)c1ccc2nc[nH]c2c1. The van der Waals surface area contributed by atoms with Crippen molar-refractivity contribution in [2.24, 2.45) is 0 Å². The van der Waals surface area contributed by atoms with E-state index in [2.05, 4.69) is 43.3 Å². The number of nitrogens with one attached hydrogen (secondary N) is 2. The lowest BCUT2D eigenvalue weighted by molar-refractivity contribution is 0.0956. The Hall–Kier alpha value is -1.79. The van der Waals surface area contributed by atoms with E-state index in [4.69, 9.17) is 0 Å². The molecule has 0 aliphatic rings. The summed E-state index contributed by atoms with van der Waals surface area (Å²) in [6, 6.07) is 13.6. The second kappa shape index (κ2) is 6.98. The lowest BCUT2D eigenvalue weighted by atomic mass is 10.2. The Morgan fingerprint density at radius 2 is 2.05 bits per heavy atom. The van der Waals surface area contributed by atoms with Gasteiger partial charge in [-0.1, -0.05) is 15.9 Å². The molecule has 1 heterocycles. The first-order valence-electron chi connectivity index (χ1n) is 6.82. The van der Waals surface area contributed by atoms with Gasteiger partial charge in [0.05, 0.1) is 17.4 Å². The minimum absolute atomic E-state index is 0.0621. The van der Waals surface area contributed by atoms with Crippen LogP contribution in [-0.4, -0.2) is 28.2 Å². The molecule has 0 saturated heterocycles. The van der Waals surface area contributed by atoms with E-state index in [-0.39, 0.29) is 5.91 Å². The summed E-state index contributed by atoms with van der Waals surface area (Å²) in [6.45, 7) is 0.626. The molecule has 4 nitrogen and oxygen atoms in total. The molecule has 1 amide bonds. The molecule has 0 bridgehead atoms. The maximum atomic E-state index is 12.1. The summed E-state index contributed by atoms with van der Waals surface area (Å²) in [5.41, 5.74) is 2.38. The fourth-order valence-electron chi connectivity index (χ4n) is 2.04. The number of halogens is 1. The molecule has 3 rings (SSSR count). The monoisotopic (exact) mass is 375 g/mol. The molecular formula is C16H14BrN3OS. The number of nitrogens with zero attached hydrogens (tertiary/aromatic N) is 1. The number of rotatable bonds is 5. The molecule has 0 fully saturated rings. The molecule has 0 atom stereocenters. The predicted octanol–water partition coefficient (Wildman–Crippen LogP) is 3.85. The van der Waals surface area contributed by atoms with Crippen LogP contribution in [0.4, 0.5) is 0 Å². The van der Waals surface area contributed by atoms with Crippen molar-refractivity contribution in [1.82, 2.24) is 15.3 Å². The first kappa shape index (κ1) is 15.1. The van der Waals surface area contributed by atoms with Crippen LogP contribution in [0.3, 0.4) is 0 Å². The molecule has 0 unspecified atom stereocenters. The van der Waals surface area contributed by atoms with Gasteiger partial charge in [-0.2, -0.15) is 0 Å². The van der Waals surface area contributed by atoms with Gasteiger partial charge >= 0.3 is 0 Å². The van der Waals surface area contributed by atoms with Gasteiger partial charge in [0.15, 0.2) is 0 Å². The average Bonchev–Trinajstić information content (AvgIpc) is 3.00. The number of thioether (sulfide) groups is 1. The highest BCUT2D eigenvalue weighted by Crippen LogP contribution is 2.20. The van der Waals surface area contributed by atoms with Gasteiger partial charge in [-0.25, -0.2) is 4.98 Å². The van der Waals surface area contributed by atoms with Crippen molar-refractivity contribution in [3.8, 4) is 0 Å². The fourth-order valence-corrected chi connectivity index (χ4v) is 3.08. The number of hydrogen-bond acceptors (Lipinski definition) is 3. The molecule has 2 aromatic carbocycles. The Morgan fingerprint density at radius 1 is 1.23 bits per heavy atom. The van der Waals surface area contributed by atoms with Crippen molar-refractivity contribution in [1.29, 1.82) is 0 Å². The third-order valence-electron chi connectivity index (χ3n) is 3.15. The molecule has 1 aromatic heterocycles. The Labute approximate surface area is 140 Å². The highest BCUT2D eigenvalue weighted by atomic mass is 79.9. The number of amides is 1. The van der Waals surface area contributed by atoms with Gasteiger partial charge < -0.3 is 10.3 Å². The number of fused-ring (bicyclic) bond motifs is 1. The first-order chi connectivity index (χ1) is 10.7. The number of carbonyl (C=O) groups excluding carboxylic acids is 1. The molecule has 3 aromatic rings. The quantitative estimate of drug-likeness (QED) is 0.525. The lowest BCUT2D eigenvalue weighted by Crippen LogP contribution is -2.25. The number of carbonyl (C=O) groups is 1. The summed E-state index contributed by atoms with van der Waals surface area (Å²) in [7, 11) is 0. The van der Waals surface area contributed by atoms with E-state index in [0.29, 0.717) is 12.1 Å². The van der Waals surface area contributed by atoms with Gasteiger partial charge in [0, 0.05) is 27.2 Å². The molecule has 0 radical (unpaired) electrons. The number of imidazole rings is 1. The highest BCUT2D eigenvalue weighted by molar-refractivity contribution is 9.10. The summed E-state index contributed by atoms with van der Waals surface area (Å²) in [6.07, 6.45) is 1.63. The summed E-state index contributed by atoms with van der Waals surface area (Å²) in [5.74, 6) is 0.771. The van der Waals surface area contributed by atoms with Crippen LogP contribution < -0.4 is 5.32 Å². The third-order valence-corrected chi connectivity index (χ3v) is 4.69. The van der Waals surface area contributed by atoms with Crippen LogP contribution >= 0.6 is 27.7 Å². The highest BCUT2D eigenvalue weighted by Gasteiger charge is 2.06. The molecule has 0 aliphatic heterocycles. The van der Waals surface area contributed by atoms with E-state index in [0.717, 1.165) is 21.3 Å². The van der Waals surface area contributed by atoms with E-state index in [1.165, 1.54) is 4.90 Å². The van der Waals surface area contributed by atoms with Crippen LogP contribution in [0, 0.1) is 0 Å². The lowest BCUT2D eigenvalue weighted by Gasteiger charge is -2.05. The van der Waals surface area contributed by atoms with Crippen LogP contribution in [0.25, 0.3) is 11.0 Å². The summed E-state index contributed by atoms with van der Waals surface area (Å²) in [5, 5.41) is 2.93. The van der Waals surface area contributed by atoms with E-state index in [9.17, 15) is 4.79 Å². The first-order valence-corrected chi connectivity index (χ1v) is 8.60. The van der Waals surface area contributed by atoms with Crippen LogP contribution in [-0.2, 0) is 0 Å². The van der Waals surface area contributed by atoms with Crippen LogP contribution in [0.5, 0.6) is 0 Å². The second-order valence-corrected chi connectivity index (χ2v) is 6.78. The van der Waals surface area contributed by atoms with E-state index < -0.39 is 0 Å². The van der Waals surface area contributed by atoms with E-state index in [1.54, 1.807) is 24.2 Å². The number of aromatic nitrogens is 2. The Morgan fingerprint density at radius 3 is 2.86 bits per heavy atom. The minimum Gasteiger partial charge on any atom is -0.351 e. The van der Waals surface area contributed by atoms with E-state index in [1.807, 2.05) is 24.3 Å². The molecule has 112 valence electrons. The van der Waals surface area contributed by atoms with E-state index >= 15 is 0 Å². The van der Waals surface area contributed by atoms with Crippen molar-refractivity contribution in [2.45, 2.75) is 4.90 Å². The Kier molecular flexibility index (Phi) is 4.80. The van der Waals surface area contributed by atoms with Gasteiger partial charge in [0.25, 0.3) is 5.91 Å². The van der Waals surface area contributed by atoms with Gasteiger partial charge in [0.2, 0.25) is 0 Å². The summed E-state index contributed by atoms with van der Waals surface area (Å²) >= 11 is 5.13. The molecule has 6 heteroatoms. The number of benzene rings is 2.